The summed E-state index contributed by atoms with van der Waals surface area (Å²) in [6.07, 6.45) is 0. The van der Waals surface area contributed by atoms with Gasteiger partial charge in [-0.25, -0.2) is 4.79 Å². The van der Waals surface area contributed by atoms with Crippen LogP contribution in [0.1, 0.15) is 18.3 Å². The smallest absolute Gasteiger partial charge is 0.332 e. The topological polar surface area (TPSA) is 92.5 Å². The number of hydrogen-bond acceptors (Lipinski definition) is 5. The molecule has 0 bridgehead atoms. The number of aryl methyl sites for hydroxylation is 2. The fourth-order valence-corrected chi connectivity index (χ4v) is 3.11. The summed E-state index contributed by atoms with van der Waals surface area (Å²) in [6, 6.07) is 0. The van der Waals surface area contributed by atoms with Gasteiger partial charge >= 0.3 is 11.7 Å². The molecule has 0 spiro atoms. The van der Waals surface area contributed by atoms with Gasteiger partial charge in [0.2, 0.25) is 5.78 Å². The third kappa shape index (κ3) is 2.39. The molecule has 0 fully saturated rings. The molecule has 0 aromatic carbocycles. The molecule has 9 nitrogen and oxygen atoms in total. The Morgan fingerprint density at radius 1 is 1.15 bits per heavy atom. The van der Waals surface area contributed by atoms with Gasteiger partial charge in [0.05, 0.1) is 13.7 Å². The largest absolute Gasteiger partial charge is 0.468 e. The second-order valence-corrected chi connectivity index (χ2v) is 6.44. The Bertz CT molecular complexity index is 1190. The van der Waals surface area contributed by atoms with E-state index in [2.05, 4.69) is 11.6 Å². The summed E-state index contributed by atoms with van der Waals surface area (Å²) in [6.45, 7) is 9.32. The quantitative estimate of drug-likeness (QED) is 0.500. The standard InChI is InChI=1S/C17H21N5O4/c1-9(2)7-21-15(24)13-14(19(5)17(21)25)18-16-20(8-12(23)26-6)10(3)11(4)22(13)16/h1,7-8H2,2-6H3. The fourth-order valence-electron chi connectivity index (χ4n) is 3.11. The second-order valence-electron chi connectivity index (χ2n) is 6.44. The summed E-state index contributed by atoms with van der Waals surface area (Å²) in [5.74, 6) is -0.00758. The predicted octanol–water partition coefficient (Wildman–Crippen LogP) is 0.515. The van der Waals surface area contributed by atoms with Gasteiger partial charge in [-0.15, -0.1) is 0 Å². The average molecular weight is 359 g/mol. The van der Waals surface area contributed by atoms with Crippen LogP contribution in [-0.4, -0.2) is 36.2 Å². The number of imidazole rings is 2. The van der Waals surface area contributed by atoms with Crippen LogP contribution in [0.5, 0.6) is 0 Å². The van der Waals surface area contributed by atoms with Crippen LogP contribution < -0.4 is 11.2 Å². The van der Waals surface area contributed by atoms with Crippen LogP contribution in [0.25, 0.3) is 16.9 Å². The third-order valence-electron chi connectivity index (χ3n) is 4.57. The van der Waals surface area contributed by atoms with Crippen molar-refractivity contribution in [2.75, 3.05) is 7.11 Å². The van der Waals surface area contributed by atoms with E-state index < -0.39 is 17.2 Å². The van der Waals surface area contributed by atoms with E-state index in [0.717, 1.165) is 16.0 Å². The minimum absolute atomic E-state index is 0.0309. The van der Waals surface area contributed by atoms with E-state index in [1.807, 2.05) is 13.8 Å². The molecule has 138 valence electrons. The highest BCUT2D eigenvalue weighted by Gasteiger charge is 2.23. The number of nitrogens with zero attached hydrogens (tertiary/aromatic N) is 5. The first-order valence-electron chi connectivity index (χ1n) is 8.07. The van der Waals surface area contributed by atoms with Crippen molar-refractivity contribution in [1.29, 1.82) is 0 Å². The lowest BCUT2D eigenvalue weighted by molar-refractivity contribution is -0.141. The molecule has 3 heterocycles. The van der Waals surface area contributed by atoms with Crippen molar-refractivity contribution in [3.05, 3.63) is 44.4 Å². The number of aromatic nitrogens is 5. The summed E-state index contributed by atoms with van der Waals surface area (Å²) >= 11 is 0. The summed E-state index contributed by atoms with van der Waals surface area (Å²) in [5, 5.41) is 0. The van der Waals surface area contributed by atoms with Crippen LogP contribution in [-0.2, 0) is 29.7 Å². The van der Waals surface area contributed by atoms with Crippen molar-refractivity contribution in [3.63, 3.8) is 0 Å². The van der Waals surface area contributed by atoms with Gasteiger partial charge in [0.15, 0.2) is 11.2 Å². The number of carbonyl (C=O) groups is 1. The Balaban J connectivity index is 2.47. The number of carbonyl (C=O) groups excluding carboxylic acids is 1. The van der Waals surface area contributed by atoms with E-state index >= 15 is 0 Å². The Kier molecular flexibility index (Phi) is 4.09. The normalized spacial score (nSPS) is 11.4. The molecule has 26 heavy (non-hydrogen) atoms. The molecule has 3 rings (SSSR count). The van der Waals surface area contributed by atoms with Crippen LogP contribution in [0.3, 0.4) is 0 Å². The van der Waals surface area contributed by atoms with Crippen LogP contribution in [0.4, 0.5) is 0 Å². The van der Waals surface area contributed by atoms with Gasteiger partial charge in [0.1, 0.15) is 6.54 Å². The lowest BCUT2D eigenvalue weighted by Gasteiger charge is -2.08. The van der Waals surface area contributed by atoms with Crippen LogP contribution in [0.2, 0.25) is 0 Å². The van der Waals surface area contributed by atoms with Crippen molar-refractivity contribution in [2.24, 2.45) is 7.05 Å². The maximum absolute atomic E-state index is 13.0. The molecule has 0 amide bonds. The first kappa shape index (κ1) is 17.7. The molecule has 3 aromatic rings. The molecule has 0 saturated heterocycles. The maximum atomic E-state index is 13.0. The van der Waals surface area contributed by atoms with Gasteiger partial charge in [-0.2, -0.15) is 4.98 Å². The Labute approximate surface area is 148 Å². The maximum Gasteiger partial charge on any atom is 0.332 e. The monoisotopic (exact) mass is 359 g/mol. The van der Waals surface area contributed by atoms with Gasteiger partial charge in [0, 0.05) is 18.4 Å². The number of hydrogen-bond donors (Lipinski definition) is 0. The Morgan fingerprint density at radius 2 is 1.81 bits per heavy atom. The van der Waals surface area contributed by atoms with E-state index in [1.165, 1.54) is 11.7 Å². The summed E-state index contributed by atoms with van der Waals surface area (Å²) in [5.41, 5.74) is 1.93. The predicted molar refractivity (Wildman–Crippen MR) is 96.5 cm³/mol. The average Bonchev–Trinajstić information content (AvgIpc) is 3.08. The first-order valence-corrected chi connectivity index (χ1v) is 8.07. The Hall–Kier alpha value is -3.10. The molecule has 0 aliphatic heterocycles. The first-order chi connectivity index (χ1) is 12.2. The van der Waals surface area contributed by atoms with E-state index in [-0.39, 0.29) is 18.7 Å². The lowest BCUT2D eigenvalue weighted by atomic mass is 10.3. The molecule has 0 aliphatic rings. The van der Waals surface area contributed by atoms with Crippen molar-refractivity contribution in [1.82, 2.24) is 23.1 Å². The molecule has 0 saturated carbocycles. The van der Waals surface area contributed by atoms with Crippen LogP contribution >= 0.6 is 0 Å². The highest BCUT2D eigenvalue weighted by atomic mass is 16.5. The number of fused-ring (bicyclic) bond motifs is 3. The summed E-state index contributed by atoms with van der Waals surface area (Å²) in [4.78, 5) is 41.8. The Morgan fingerprint density at radius 3 is 2.38 bits per heavy atom. The molecule has 0 unspecified atom stereocenters. The van der Waals surface area contributed by atoms with Gasteiger partial charge < -0.3 is 9.30 Å². The van der Waals surface area contributed by atoms with Gasteiger partial charge in [-0.05, 0) is 20.8 Å². The second kappa shape index (κ2) is 6.01. The van der Waals surface area contributed by atoms with Crippen molar-refractivity contribution in [3.8, 4) is 0 Å². The molecular formula is C17H21N5O4. The van der Waals surface area contributed by atoms with Crippen LogP contribution in [0.15, 0.2) is 21.7 Å². The van der Waals surface area contributed by atoms with Crippen LogP contribution in [0, 0.1) is 13.8 Å². The number of ether oxygens (including phenoxy) is 1. The fraction of sp³-hybridized carbons (Fsp3) is 0.412. The zero-order valence-electron chi connectivity index (χ0n) is 15.5. The van der Waals surface area contributed by atoms with Crippen molar-refractivity contribution in [2.45, 2.75) is 33.9 Å². The van der Waals surface area contributed by atoms with Crippen molar-refractivity contribution >= 4 is 22.9 Å². The molecule has 0 aliphatic carbocycles. The third-order valence-corrected chi connectivity index (χ3v) is 4.57. The summed E-state index contributed by atoms with van der Waals surface area (Å²) in [7, 11) is 2.88. The van der Waals surface area contributed by atoms with E-state index in [0.29, 0.717) is 16.9 Å². The lowest BCUT2D eigenvalue weighted by Crippen LogP contribution is -2.39. The number of allylic oxidation sites excluding steroid dienone is 1. The molecule has 9 heteroatoms. The van der Waals surface area contributed by atoms with E-state index in [4.69, 9.17) is 4.74 Å². The van der Waals surface area contributed by atoms with E-state index in [9.17, 15) is 14.4 Å². The van der Waals surface area contributed by atoms with Gasteiger partial charge in [-0.3, -0.25) is 23.1 Å². The SMILES string of the molecule is C=C(C)Cn1c(=O)c2c(nc3n(CC(=O)OC)c(C)c(C)n23)n(C)c1=O. The van der Waals surface area contributed by atoms with Crippen molar-refractivity contribution < 1.29 is 9.53 Å². The molecule has 0 atom stereocenters. The number of rotatable bonds is 4. The minimum Gasteiger partial charge on any atom is -0.468 e. The number of esters is 1. The minimum atomic E-state index is -0.458. The highest BCUT2D eigenvalue weighted by molar-refractivity contribution is 5.77. The molecular weight excluding hydrogens is 338 g/mol. The number of methoxy groups -OCH3 is 1. The highest BCUT2D eigenvalue weighted by Crippen LogP contribution is 2.20. The molecule has 0 radical (unpaired) electrons. The van der Waals surface area contributed by atoms with Gasteiger partial charge in [-0.1, -0.05) is 12.2 Å². The van der Waals surface area contributed by atoms with E-state index in [1.54, 1.807) is 22.9 Å². The molecule has 0 N–H and O–H groups in total. The zero-order chi connectivity index (χ0) is 19.3. The molecule has 3 aromatic heterocycles. The summed E-state index contributed by atoms with van der Waals surface area (Å²) < 4.78 is 10.6. The zero-order valence-corrected chi connectivity index (χ0v) is 15.5. The van der Waals surface area contributed by atoms with Gasteiger partial charge in [0.25, 0.3) is 5.56 Å².